The Labute approximate surface area is 142 Å². The number of nitrogens with zero attached hydrogens (tertiary/aromatic N) is 2. The Morgan fingerprint density at radius 3 is 2.79 bits per heavy atom. The van der Waals surface area contributed by atoms with Gasteiger partial charge in [-0.15, -0.1) is 0 Å². The molecular formula is C18H26N2O4. The third-order valence-corrected chi connectivity index (χ3v) is 5.30. The van der Waals surface area contributed by atoms with E-state index in [2.05, 4.69) is 22.8 Å². The molecular weight excluding hydrogens is 308 g/mol. The normalized spacial score (nSPS) is 29.7. The predicted molar refractivity (Wildman–Crippen MR) is 89.6 cm³/mol. The van der Waals surface area contributed by atoms with Gasteiger partial charge in [0.1, 0.15) is 5.75 Å². The summed E-state index contributed by atoms with van der Waals surface area (Å²) in [5.74, 6) is 2.44. The predicted octanol–water partition coefficient (Wildman–Crippen LogP) is 1.45. The molecule has 0 saturated carbocycles. The van der Waals surface area contributed by atoms with Gasteiger partial charge in [-0.2, -0.15) is 0 Å². The number of aliphatic hydroxyl groups is 1. The number of rotatable bonds is 4. The first-order valence-electron chi connectivity index (χ1n) is 8.85. The molecule has 24 heavy (non-hydrogen) atoms. The lowest BCUT2D eigenvalue weighted by Crippen LogP contribution is -2.54. The van der Waals surface area contributed by atoms with Crippen molar-refractivity contribution in [1.82, 2.24) is 9.80 Å². The van der Waals surface area contributed by atoms with Crippen LogP contribution in [0.1, 0.15) is 25.8 Å². The molecule has 0 bridgehead atoms. The number of hydrogen-bond donors (Lipinski definition) is 1. The molecule has 4 rings (SSSR count). The van der Waals surface area contributed by atoms with E-state index >= 15 is 0 Å². The van der Waals surface area contributed by atoms with Crippen molar-refractivity contribution in [3.63, 3.8) is 0 Å². The zero-order valence-electron chi connectivity index (χ0n) is 14.4. The Kier molecular flexibility index (Phi) is 4.28. The van der Waals surface area contributed by atoms with Gasteiger partial charge >= 0.3 is 0 Å². The van der Waals surface area contributed by atoms with E-state index in [9.17, 15) is 5.11 Å². The van der Waals surface area contributed by atoms with Crippen LogP contribution in [0.5, 0.6) is 17.2 Å². The van der Waals surface area contributed by atoms with E-state index in [0.717, 1.165) is 55.4 Å². The van der Waals surface area contributed by atoms with Crippen LogP contribution in [0.4, 0.5) is 0 Å². The van der Waals surface area contributed by atoms with E-state index in [1.54, 1.807) is 0 Å². The highest BCUT2D eigenvalue weighted by Crippen LogP contribution is 2.39. The molecule has 1 N–H and O–H groups in total. The van der Waals surface area contributed by atoms with Crippen LogP contribution < -0.4 is 14.2 Å². The fourth-order valence-corrected chi connectivity index (χ4v) is 4.09. The molecule has 6 heteroatoms. The van der Waals surface area contributed by atoms with Crippen molar-refractivity contribution < 1.29 is 19.3 Å². The van der Waals surface area contributed by atoms with Gasteiger partial charge in [0.25, 0.3) is 0 Å². The van der Waals surface area contributed by atoms with Crippen LogP contribution in [-0.4, -0.2) is 66.1 Å². The summed E-state index contributed by atoms with van der Waals surface area (Å²) in [7, 11) is 0. The fourth-order valence-electron chi connectivity index (χ4n) is 4.09. The average molecular weight is 334 g/mol. The number of piperazine rings is 1. The Bertz CT molecular complexity index is 609. The van der Waals surface area contributed by atoms with Gasteiger partial charge in [0, 0.05) is 49.9 Å². The number of aliphatic hydroxyl groups excluding tert-OH is 1. The first-order chi connectivity index (χ1) is 11.6. The quantitative estimate of drug-likeness (QED) is 0.900. The van der Waals surface area contributed by atoms with Crippen molar-refractivity contribution in [3.05, 3.63) is 17.7 Å². The molecule has 132 valence electrons. The van der Waals surface area contributed by atoms with Gasteiger partial charge in [0.05, 0.1) is 12.7 Å². The molecule has 1 aromatic carbocycles. The van der Waals surface area contributed by atoms with E-state index < -0.39 is 0 Å². The van der Waals surface area contributed by atoms with Crippen molar-refractivity contribution >= 4 is 0 Å². The third kappa shape index (κ3) is 2.94. The van der Waals surface area contributed by atoms with Crippen LogP contribution in [0.2, 0.25) is 0 Å². The average Bonchev–Trinajstić information content (AvgIpc) is 3.13. The maximum atomic E-state index is 9.93. The minimum Gasteiger partial charge on any atom is -0.493 e. The van der Waals surface area contributed by atoms with Crippen LogP contribution in [-0.2, 0) is 6.54 Å². The van der Waals surface area contributed by atoms with Crippen molar-refractivity contribution in [2.75, 3.05) is 33.0 Å². The molecule has 3 heterocycles. The van der Waals surface area contributed by atoms with Crippen molar-refractivity contribution in [1.29, 1.82) is 0 Å². The SMILES string of the molecule is CCOc1cc2c(cc1CN1C[C@@H]3C[C@@H](O)CN3C[C@@H]1C)OCO2. The molecule has 2 fully saturated rings. The topological polar surface area (TPSA) is 54.4 Å². The zero-order valence-corrected chi connectivity index (χ0v) is 14.4. The molecule has 3 atom stereocenters. The summed E-state index contributed by atoms with van der Waals surface area (Å²) in [6.45, 7) is 8.80. The summed E-state index contributed by atoms with van der Waals surface area (Å²) in [5.41, 5.74) is 1.14. The van der Waals surface area contributed by atoms with Gasteiger partial charge in [-0.1, -0.05) is 0 Å². The van der Waals surface area contributed by atoms with Gasteiger partial charge in [0.2, 0.25) is 6.79 Å². The Balaban J connectivity index is 1.54. The van der Waals surface area contributed by atoms with Crippen LogP contribution in [0.25, 0.3) is 0 Å². The summed E-state index contributed by atoms with van der Waals surface area (Å²) >= 11 is 0. The van der Waals surface area contributed by atoms with E-state index in [1.165, 1.54) is 0 Å². The highest BCUT2D eigenvalue weighted by atomic mass is 16.7. The van der Waals surface area contributed by atoms with Crippen LogP contribution in [0, 0.1) is 0 Å². The van der Waals surface area contributed by atoms with E-state index in [1.807, 2.05) is 13.0 Å². The van der Waals surface area contributed by atoms with Crippen molar-refractivity contribution in [2.24, 2.45) is 0 Å². The van der Waals surface area contributed by atoms with E-state index in [-0.39, 0.29) is 12.9 Å². The van der Waals surface area contributed by atoms with Gasteiger partial charge in [-0.3, -0.25) is 9.80 Å². The maximum Gasteiger partial charge on any atom is 0.231 e. The van der Waals surface area contributed by atoms with Gasteiger partial charge in [-0.05, 0) is 26.3 Å². The molecule has 6 nitrogen and oxygen atoms in total. The van der Waals surface area contributed by atoms with Crippen molar-refractivity contribution in [2.45, 2.75) is 45.0 Å². The van der Waals surface area contributed by atoms with E-state index in [0.29, 0.717) is 18.7 Å². The number of ether oxygens (including phenoxy) is 3. The summed E-state index contributed by atoms with van der Waals surface area (Å²) in [6, 6.07) is 4.91. The lowest BCUT2D eigenvalue weighted by Gasteiger charge is -2.42. The number of fused-ring (bicyclic) bond motifs is 2. The molecule has 0 aliphatic carbocycles. The largest absolute Gasteiger partial charge is 0.493 e. The van der Waals surface area contributed by atoms with Crippen molar-refractivity contribution in [3.8, 4) is 17.2 Å². The van der Waals surface area contributed by atoms with Gasteiger partial charge in [-0.25, -0.2) is 0 Å². The molecule has 2 saturated heterocycles. The summed E-state index contributed by atoms with van der Waals surface area (Å²) in [4.78, 5) is 4.91. The lowest BCUT2D eigenvalue weighted by atomic mass is 10.1. The molecule has 3 aliphatic heterocycles. The summed E-state index contributed by atoms with van der Waals surface area (Å²) < 4.78 is 16.8. The molecule has 0 spiro atoms. The van der Waals surface area contributed by atoms with Crippen LogP contribution in [0.15, 0.2) is 12.1 Å². The first-order valence-corrected chi connectivity index (χ1v) is 8.85. The molecule has 0 amide bonds. The Morgan fingerprint density at radius 2 is 2.00 bits per heavy atom. The minimum absolute atomic E-state index is 0.174. The highest BCUT2D eigenvalue weighted by Gasteiger charge is 2.38. The van der Waals surface area contributed by atoms with Crippen LogP contribution >= 0.6 is 0 Å². The monoisotopic (exact) mass is 334 g/mol. The Morgan fingerprint density at radius 1 is 1.21 bits per heavy atom. The van der Waals surface area contributed by atoms with E-state index in [4.69, 9.17) is 14.2 Å². The third-order valence-electron chi connectivity index (χ3n) is 5.30. The Hall–Kier alpha value is -1.50. The van der Waals surface area contributed by atoms with Gasteiger partial charge in [0.15, 0.2) is 11.5 Å². The second kappa shape index (κ2) is 6.43. The summed E-state index contributed by atoms with van der Waals surface area (Å²) in [6.07, 6.45) is 0.703. The maximum absolute atomic E-state index is 9.93. The standard InChI is InChI=1S/C18H26N2O4/c1-3-22-16-6-18-17(23-11-24-18)4-13(16)8-19-9-14-5-15(21)10-20(14)7-12(19)2/h4,6,12,14-15,21H,3,5,7-11H2,1-2H3/t12-,14-,15+/m0/s1. The molecule has 0 unspecified atom stereocenters. The molecule has 0 radical (unpaired) electrons. The molecule has 0 aromatic heterocycles. The van der Waals surface area contributed by atoms with Gasteiger partial charge < -0.3 is 19.3 Å². The summed E-state index contributed by atoms with van der Waals surface area (Å²) in [5, 5.41) is 9.93. The number of benzene rings is 1. The van der Waals surface area contributed by atoms with Crippen LogP contribution in [0.3, 0.4) is 0 Å². The smallest absolute Gasteiger partial charge is 0.231 e. The highest BCUT2D eigenvalue weighted by molar-refractivity contribution is 5.51. The first kappa shape index (κ1) is 16.0. The second-order valence-corrected chi connectivity index (χ2v) is 7.02. The fraction of sp³-hybridized carbons (Fsp3) is 0.667. The zero-order chi connectivity index (χ0) is 16.7. The number of hydrogen-bond acceptors (Lipinski definition) is 6. The molecule has 1 aromatic rings. The minimum atomic E-state index is -0.174. The lowest BCUT2D eigenvalue weighted by molar-refractivity contribution is 0.0522. The second-order valence-electron chi connectivity index (χ2n) is 7.02. The molecule has 3 aliphatic rings.